The number of aliphatic hydroxyl groups is 1. The summed E-state index contributed by atoms with van der Waals surface area (Å²) in [6.45, 7) is 5.38. The van der Waals surface area contributed by atoms with E-state index < -0.39 is 0 Å². The van der Waals surface area contributed by atoms with Gasteiger partial charge in [-0.2, -0.15) is 0 Å². The normalized spacial score (nSPS) is 17.5. The molecule has 5 heteroatoms. The van der Waals surface area contributed by atoms with Crippen molar-refractivity contribution < 1.29 is 14.3 Å². The van der Waals surface area contributed by atoms with E-state index in [1.807, 2.05) is 11.0 Å². The minimum Gasteiger partial charge on any atom is -0.450 e. The van der Waals surface area contributed by atoms with Gasteiger partial charge in [-0.15, -0.1) is 0 Å². The van der Waals surface area contributed by atoms with Gasteiger partial charge in [0.25, 0.3) is 5.91 Å². The van der Waals surface area contributed by atoms with Gasteiger partial charge in [0, 0.05) is 29.1 Å². The smallest absolute Gasteiger partial charge is 0.253 e. The number of allylic oxidation sites excluding steroid dienone is 1. The molecule has 0 radical (unpaired) electrons. The summed E-state index contributed by atoms with van der Waals surface area (Å²) in [6, 6.07) is 10.5. The first kappa shape index (κ1) is 19.3. The molecule has 1 aliphatic heterocycles. The molecule has 140 valence electrons. The molecule has 1 N–H and O–H groups in total. The van der Waals surface area contributed by atoms with Gasteiger partial charge in [-0.25, -0.2) is 0 Å². The molecule has 1 saturated heterocycles. The minimum absolute atomic E-state index is 0.00262. The van der Waals surface area contributed by atoms with Crippen LogP contribution < -0.4 is 0 Å². The summed E-state index contributed by atoms with van der Waals surface area (Å²) < 4.78 is 5.36. The molecule has 0 atom stereocenters. The highest BCUT2D eigenvalue weighted by Gasteiger charge is 2.33. The highest BCUT2D eigenvalue weighted by molar-refractivity contribution is 6.30. The molecule has 3 rings (SSSR count). The van der Waals surface area contributed by atoms with Gasteiger partial charge in [0.2, 0.25) is 0 Å². The summed E-state index contributed by atoms with van der Waals surface area (Å²) in [7, 11) is 0. The number of carbonyl (C=O) groups excluding carboxylic acids is 1. The molecule has 0 aliphatic carbocycles. The molecule has 27 heavy (non-hydrogen) atoms. The molecular weight excluding hydrogens is 362 g/mol. The number of carbonyl (C=O) groups is 1. The van der Waals surface area contributed by atoms with Crippen molar-refractivity contribution in [2.45, 2.75) is 26.9 Å². The third kappa shape index (κ3) is 4.63. The molecule has 2 aromatic rings. The van der Waals surface area contributed by atoms with Crippen LogP contribution in [0.4, 0.5) is 0 Å². The molecule has 1 aromatic heterocycles. The van der Waals surface area contributed by atoms with Gasteiger partial charge < -0.3 is 14.4 Å². The molecule has 0 bridgehead atoms. The molecule has 0 spiro atoms. The van der Waals surface area contributed by atoms with Crippen molar-refractivity contribution in [3.63, 3.8) is 0 Å². The maximum absolute atomic E-state index is 12.8. The summed E-state index contributed by atoms with van der Waals surface area (Å²) in [5.74, 6) is 7.02. The summed E-state index contributed by atoms with van der Waals surface area (Å²) in [4.78, 5) is 14.6. The van der Waals surface area contributed by atoms with E-state index >= 15 is 0 Å². The third-order valence-corrected chi connectivity index (χ3v) is 4.96. The second-order valence-electron chi connectivity index (χ2n) is 7.23. The van der Waals surface area contributed by atoms with Crippen LogP contribution in [0.1, 0.15) is 42.1 Å². The Kier molecular flexibility index (Phi) is 5.74. The molecule has 4 nitrogen and oxygen atoms in total. The number of likely N-dealkylation sites (tertiary alicyclic amines) is 1. The van der Waals surface area contributed by atoms with E-state index in [1.54, 1.807) is 36.4 Å². The maximum atomic E-state index is 12.8. The Balaban J connectivity index is 1.71. The van der Waals surface area contributed by atoms with Gasteiger partial charge in [0.15, 0.2) is 5.76 Å². The van der Waals surface area contributed by atoms with Crippen molar-refractivity contribution >= 4 is 17.5 Å². The van der Waals surface area contributed by atoms with Crippen molar-refractivity contribution in [3.05, 3.63) is 70.2 Å². The Hall–Kier alpha value is -2.48. The van der Waals surface area contributed by atoms with Crippen LogP contribution in [0.2, 0.25) is 5.02 Å². The zero-order valence-corrected chi connectivity index (χ0v) is 16.2. The number of aliphatic hydroxyl groups excluding tert-OH is 1. The number of rotatable bonds is 2. The van der Waals surface area contributed by atoms with Crippen LogP contribution in [0.25, 0.3) is 0 Å². The predicted molar refractivity (Wildman–Crippen MR) is 105 cm³/mol. The fourth-order valence-corrected chi connectivity index (χ4v) is 3.41. The average Bonchev–Trinajstić information content (AvgIpc) is 3.10. The van der Waals surface area contributed by atoms with Gasteiger partial charge in [-0.1, -0.05) is 43.0 Å². The van der Waals surface area contributed by atoms with E-state index in [0.29, 0.717) is 35.2 Å². The van der Waals surface area contributed by atoms with Crippen molar-refractivity contribution in [1.29, 1.82) is 0 Å². The van der Waals surface area contributed by atoms with Gasteiger partial charge in [0.05, 0.1) is 0 Å². The van der Waals surface area contributed by atoms with Crippen molar-refractivity contribution in [3.8, 4) is 11.8 Å². The third-order valence-electron chi connectivity index (χ3n) is 4.72. The summed E-state index contributed by atoms with van der Waals surface area (Å²) in [5, 5.41) is 9.59. The monoisotopic (exact) mass is 383 g/mol. The first-order valence-electron chi connectivity index (χ1n) is 8.84. The first-order chi connectivity index (χ1) is 12.9. The van der Waals surface area contributed by atoms with E-state index in [1.165, 1.54) is 5.57 Å². The number of hydrogen-bond donors (Lipinski definition) is 1. The standard InChI is InChI=1S/C22H22ClNO3/c1-22(2)15-24(21(26)16-5-3-7-18(23)13-16)12-11-17(22)6-4-8-19-9-10-20(14-25)27-19/h3,5-7,9-10,13,25H,11-12,14-15H2,1-2H3/b17-6+. The second kappa shape index (κ2) is 8.04. The Morgan fingerprint density at radius 3 is 2.85 bits per heavy atom. The molecular formula is C22H22ClNO3. The number of piperidine rings is 1. The average molecular weight is 384 g/mol. The minimum atomic E-state index is -0.166. The van der Waals surface area contributed by atoms with Crippen LogP contribution in [-0.4, -0.2) is 29.0 Å². The van der Waals surface area contributed by atoms with Crippen LogP contribution in [-0.2, 0) is 6.61 Å². The highest BCUT2D eigenvalue weighted by atomic mass is 35.5. The van der Waals surface area contributed by atoms with E-state index in [0.717, 1.165) is 6.42 Å². The van der Waals surface area contributed by atoms with Crippen molar-refractivity contribution in [1.82, 2.24) is 4.90 Å². The van der Waals surface area contributed by atoms with Crippen LogP contribution in [0, 0.1) is 17.3 Å². The zero-order chi connectivity index (χ0) is 19.4. The predicted octanol–water partition coefficient (Wildman–Crippen LogP) is 4.28. The van der Waals surface area contributed by atoms with E-state index in [4.69, 9.17) is 21.1 Å². The Morgan fingerprint density at radius 2 is 2.19 bits per heavy atom. The fraction of sp³-hybridized carbons (Fsp3) is 0.318. The quantitative estimate of drug-likeness (QED) is 0.787. The number of amides is 1. The van der Waals surface area contributed by atoms with E-state index in [-0.39, 0.29) is 17.9 Å². The largest absolute Gasteiger partial charge is 0.450 e. The van der Waals surface area contributed by atoms with Gasteiger partial charge in [0.1, 0.15) is 12.4 Å². The number of furan rings is 1. The van der Waals surface area contributed by atoms with Crippen LogP contribution in [0.15, 0.2) is 52.5 Å². The topological polar surface area (TPSA) is 53.7 Å². The maximum Gasteiger partial charge on any atom is 0.253 e. The number of halogens is 1. The summed E-state index contributed by atoms with van der Waals surface area (Å²) in [5.41, 5.74) is 1.66. The van der Waals surface area contributed by atoms with Gasteiger partial charge >= 0.3 is 0 Å². The van der Waals surface area contributed by atoms with Crippen LogP contribution in [0.5, 0.6) is 0 Å². The number of nitrogens with zero attached hydrogens (tertiary/aromatic N) is 1. The number of benzene rings is 1. The lowest BCUT2D eigenvalue weighted by atomic mass is 9.78. The SMILES string of the molecule is CC1(C)CN(C(=O)c2cccc(Cl)c2)CC/C1=C\C#Cc1ccc(CO)o1. The summed E-state index contributed by atoms with van der Waals surface area (Å²) in [6.07, 6.45) is 2.69. The lowest BCUT2D eigenvalue weighted by molar-refractivity contribution is 0.0663. The molecule has 2 heterocycles. The lowest BCUT2D eigenvalue weighted by Crippen LogP contribution is -2.44. The molecule has 1 aromatic carbocycles. The second-order valence-corrected chi connectivity index (χ2v) is 7.67. The lowest BCUT2D eigenvalue weighted by Gasteiger charge is -2.40. The zero-order valence-electron chi connectivity index (χ0n) is 15.5. The Bertz CT molecular complexity index is 930. The first-order valence-corrected chi connectivity index (χ1v) is 9.22. The fourth-order valence-electron chi connectivity index (χ4n) is 3.22. The van der Waals surface area contributed by atoms with Gasteiger partial charge in [-0.3, -0.25) is 4.79 Å². The van der Waals surface area contributed by atoms with Crippen LogP contribution in [0.3, 0.4) is 0 Å². The van der Waals surface area contributed by atoms with Crippen molar-refractivity contribution in [2.75, 3.05) is 13.1 Å². The van der Waals surface area contributed by atoms with E-state index in [9.17, 15) is 4.79 Å². The molecule has 0 saturated carbocycles. The summed E-state index contributed by atoms with van der Waals surface area (Å²) >= 11 is 6.01. The molecule has 1 aliphatic rings. The Morgan fingerprint density at radius 1 is 1.37 bits per heavy atom. The van der Waals surface area contributed by atoms with Crippen molar-refractivity contribution in [2.24, 2.45) is 5.41 Å². The van der Waals surface area contributed by atoms with E-state index in [2.05, 4.69) is 25.7 Å². The Labute approximate surface area is 164 Å². The van der Waals surface area contributed by atoms with Gasteiger partial charge in [-0.05, 0) is 48.7 Å². The number of hydrogen-bond acceptors (Lipinski definition) is 3. The molecule has 1 amide bonds. The molecule has 1 fully saturated rings. The molecule has 0 unspecified atom stereocenters. The highest BCUT2D eigenvalue weighted by Crippen LogP contribution is 2.34. The van der Waals surface area contributed by atoms with Crippen LogP contribution >= 0.6 is 11.6 Å².